The summed E-state index contributed by atoms with van der Waals surface area (Å²) in [7, 11) is -3.35. The average molecular weight is 555 g/mol. The Hall–Kier alpha value is -3.25. The number of nitrogens with zero attached hydrogens (tertiary/aromatic N) is 2. The number of hydrogen-bond acceptors (Lipinski definition) is 6. The highest BCUT2D eigenvalue weighted by Crippen LogP contribution is 2.53. The minimum atomic E-state index is -3.86. The monoisotopic (exact) mass is 554 g/mol. The van der Waals surface area contributed by atoms with Gasteiger partial charge in [-0.25, -0.2) is 8.42 Å². The minimum absolute atomic E-state index is 0.0410. The molecule has 2 N–H and O–H groups in total. The van der Waals surface area contributed by atoms with Crippen molar-refractivity contribution in [2.24, 2.45) is 11.3 Å². The summed E-state index contributed by atoms with van der Waals surface area (Å²) in [4.78, 5) is 28.1. The van der Waals surface area contributed by atoms with Crippen LogP contribution in [0.3, 0.4) is 0 Å². The van der Waals surface area contributed by atoms with Crippen molar-refractivity contribution in [2.45, 2.75) is 25.3 Å². The predicted molar refractivity (Wildman–Crippen MR) is 133 cm³/mol. The van der Waals surface area contributed by atoms with Gasteiger partial charge in [0.25, 0.3) is 5.91 Å². The summed E-state index contributed by atoms with van der Waals surface area (Å²) in [5.74, 6) is -1.95. The van der Waals surface area contributed by atoms with E-state index in [0.717, 1.165) is 6.26 Å². The maximum absolute atomic E-state index is 13.4. The predicted octanol–water partition coefficient (Wildman–Crippen LogP) is 3.65. The van der Waals surface area contributed by atoms with Gasteiger partial charge in [-0.3, -0.25) is 14.7 Å². The van der Waals surface area contributed by atoms with Crippen molar-refractivity contribution >= 4 is 38.9 Å². The van der Waals surface area contributed by atoms with Crippen LogP contribution in [-0.2, 0) is 19.4 Å². The summed E-state index contributed by atoms with van der Waals surface area (Å²) in [6.45, 7) is 3.55. The number of ether oxygens (including phenoxy) is 1. The van der Waals surface area contributed by atoms with E-state index in [1.807, 2.05) is 0 Å². The van der Waals surface area contributed by atoms with Crippen LogP contribution in [0.25, 0.3) is 0 Å². The first-order chi connectivity index (χ1) is 17.2. The van der Waals surface area contributed by atoms with Crippen molar-refractivity contribution in [2.75, 3.05) is 23.9 Å². The number of halogens is 3. The number of benzene rings is 1. The summed E-state index contributed by atoms with van der Waals surface area (Å²) in [5.41, 5.74) is -2.95. The molecule has 2 aliphatic rings. The van der Waals surface area contributed by atoms with E-state index in [-0.39, 0.29) is 35.4 Å². The minimum Gasteiger partial charge on any atom is -0.420 e. The van der Waals surface area contributed by atoms with Crippen LogP contribution in [-0.4, -0.2) is 59.5 Å². The molecule has 1 aromatic heterocycles. The van der Waals surface area contributed by atoms with Gasteiger partial charge in [0.15, 0.2) is 0 Å². The summed E-state index contributed by atoms with van der Waals surface area (Å²) < 4.78 is 53.7. The van der Waals surface area contributed by atoms with Gasteiger partial charge in [0.05, 0.1) is 11.2 Å². The first kappa shape index (κ1) is 26.8. The fourth-order valence-electron chi connectivity index (χ4n) is 4.73. The number of allylic oxidation sites excluding steroid dienone is 2. The normalized spacial score (nSPS) is 21.2. The molecular weight excluding hydrogens is 530 g/mol. The fraction of sp³-hybridized carbons (Fsp3) is 0.375. The molecule has 1 aromatic carbocycles. The molecule has 0 spiro atoms. The van der Waals surface area contributed by atoms with E-state index in [4.69, 9.17) is 11.6 Å². The van der Waals surface area contributed by atoms with Crippen LogP contribution in [0, 0.1) is 11.3 Å². The third-order valence-electron chi connectivity index (χ3n) is 6.40. The number of carbonyl (C=O) groups excluding carboxylic acids is 2. The lowest BCUT2D eigenvalue weighted by atomic mass is 9.69. The molecule has 0 saturated carbocycles. The third kappa shape index (κ3) is 5.85. The molecule has 13 heteroatoms. The molecule has 2 heterocycles. The van der Waals surface area contributed by atoms with Crippen LogP contribution >= 0.6 is 11.6 Å². The molecule has 1 aliphatic carbocycles. The Morgan fingerprint density at radius 1 is 1.27 bits per heavy atom. The van der Waals surface area contributed by atoms with Gasteiger partial charge >= 0.3 is 5.57 Å². The number of aromatic nitrogens is 2. The van der Waals surface area contributed by atoms with E-state index >= 15 is 0 Å². The Kier molecular flexibility index (Phi) is 6.93. The van der Waals surface area contributed by atoms with Gasteiger partial charge < -0.3 is 15.0 Å². The van der Waals surface area contributed by atoms with Gasteiger partial charge in [0, 0.05) is 65.1 Å². The van der Waals surface area contributed by atoms with Crippen LogP contribution in [0.5, 0.6) is 5.75 Å². The largest absolute Gasteiger partial charge is 0.487 e. The van der Waals surface area contributed by atoms with Crippen molar-refractivity contribution in [1.82, 2.24) is 15.1 Å². The number of H-pyrrole nitrogens is 1. The second-order valence-electron chi connectivity index (χ2n) is 9.54. The number of alkyl halides is 3. The molecule has 2 amide bonds. The maximum Gasteiger partial charge on any atom is 0.487 e. The van der Waals surface area contributed by atoms with Crippen LogP contribution in [0.4, 0.5) is 14.5 Å². The molecule has 198 valence electrons. The second kappa shape index (κ2) is 9.56. The van der Waals surface area contributed by atoms with E-state index in [9.17, 15) is 26.8 Å². The molecule has 1 saturated heterocycles. The smallest absolute Gasteiger partial charge is 0.420 e. The van der Waals surface area contributed by atoms with Crippen LogP contribution < -0.4 is 10.1 Å². The van der Waals surface area contributed by atoms with Crippen LogP contribution in [0.2, 0.25) is 0 Å². The second-order valence-corrected chi connectivity index (χ2v) is 12.2. The lowest BCUT2D eigenvalue weighted by Crippen LogP contribution is -2.34. The maximum atomic E-state index is 13.4. The molecule has 37 heavy (non-hydrogen) atoms. The van der Waals surface area contributed by atoms with Gasteiger partial charge in [-0.15, -0.1) is 8.78 Å². The van der Waals surface area contributed by atoms with Gasteiger partial charge in [-0.1, -0.05) is 19.9 Å². The molecule has 1 fully saturated rings. The highest BCUT2D eigenvalue weighted by molar-refractivity contribution is 7.90. The van der Waals surface area contributed by atoms with Crippen molar-refractivity contribution in [3.63, 3.8) is 0 Å². The van der Waals surface area contributed by atoms with Crippen molar-refractivity contribution < 1.29 is 31.5 Å². The molecule has 9 nitrogen and oxygen atoms in total. The Balaban J connectivity index is 1.66. The standard InChI is InChI=1S/C24H25ClF2N4O5S/c1-23(2)20-17(18-8-9-28-30-18)12-14(13-19(20)31(22(23)33)10-11-37(3,34)35)21(32)29-15-4-6-16(7-5-15)36-24(25,26)27/h4-9,12-13,17,20H,10-11H2,1-3H3,(H,28,30)(H,29,32). The van der Waals surface area contributed by atoms with E-state index in [2.05, 4.69) is 20.3 Å². The molecule has 0 bridgehead atoms. The molecular formula is C24H25ClF2N4O5S. The van der Waals surface area contributed by atoms with Crippen LogP contribution in [0.15, 0.2) is 60.0 Å². The SMILES string of the molecule is CC1(C)C(=O)N(CCS(C)(=O)=O)C2=CC(C(=O)Nc3ccc(OC(F)(F)Cl)cc3)=CC(c3ccn[nH]3)C21. The number of likely N-dealkylation sites (tertiary alicyclic amines) is 1. The summed E-state index contributed by atoms with van der Waals surface area (Å²) >= 11 is 4.78. The van der Waals surface area contributed by atoms with Crippen molar-refractivity contribution in [3.05, 3.63) is 65.6 Å². The zero-order valence-corrected chi connectivity index (χ0v) is 21.7. The number of aromatic amines is 1. The number of hydrogen-bond donors (Lipinski definition) is 2. The highest BCUT2D eigenvalue weighted by atomic mass is 35.5. The van der Waals surface area contributed by atoms with Gasteiger partial charge in [0.2, 0.25) is 5.91 Å². The molecule has 2 atom stereocenters. The number of sulfone groups is 1. The number of rotatable bonds is 8. The first-order valence-corrected chi connectivity index (χ1v) is 13.7. The Morgan fingerprint density at radius 2 is 1.95 bits per heavy atom. The van der Waals surface area contributed by atoms with Gasteiger partial charge in [-0.05, 0) is 36.4 Å². The molecule has 1 aliphatic heterocycles. The third-order valence-corrected chi connectivity index (χ3v) is 7.40. The van der Waals surface area contributed by atoms with Crippen molar-refractivity contribution in [1.29, 1.82) is 0 Å². The zero-order valence-electron chi connectivity index (χ0n) is 20.2. The topological polar surface area (TPSA) is 121 Å². The van der Waals surface area contributed by atoms with E-state index < -0.39 is 32.6 Å². The lowest BCUT2D eigenvalue weighted by Gasteiger charge is -2.32. The first-order valence-electron chi connectivity index (χ1n) is 11.3. The quantitative estimate of drug-likeness (QED) is 0.480. The fourth-order valence-corrected chi connectivity index (χ4v) is 5.33. The highest BCUT2D eigenvalue weighted by Gasteiger charge is 2.55. The molecule has 0 radical (unpaired) electrons. The summed E-state index contributed by atoms with van der Waals surface area (Å²) in [6, 6.07) is 6.97. The summed E-state index contributed by atoms with van der Waals surface area (Å²) in [5, 5.41) is 9.62. The van der Waals surface area contributed by atoms with Gasteiger partial charge in [0.1, 0.15) is 15.6 Å². The van der Waals surface area contributed by atoms with E-state index in [0.29, 0.717) is 17.1 Å². The number of fused-ring (bicyclic) bond motifs is 1. The van der Waals surface area contributed by atoms with E-state index in [1.54, 1.807) is 38.3 Å². The molecule has 4 rings (SSSR count). The average Bonchev–Trinajstić information content (AvgIpc) is 3.38. The number of amides is 2. The number of nitrogens with one attached hydrogen (secondary N) is 2. The molecule has 2 aromatic rings. The Bertz CT molecular complexity index is 1370. The Labute approximate surface area is 217 Å². The van der Waals surface area contributed by atoms with E-state index in [1.165, 1.54) is 29.2 Å². The number of anilines is 1. The van der Waals surface area contributed by atoms with Crippen molar-refractivity contribution in [3.8, 4) is 5.75 Å². The van der Waals surface area contributed by atoms with Gasteiger partial charge in [-0.2, -0.15) is 5.10 Å². The van der Waals surface area contributed by atoms with Crippen LogP contribution in [0.1, 0.15) is 25.5 Å². The summed E-state index contributed by atoms with van der Waals surface area (Å²) in [6.07, 6.45) is 5.99. The Morgan fingerprint density at radius 3 is 2.51 bits per heavy atom. The zero-order chi connectivity index (χ0) is 27.2. The molecule has 2 unspecified atom stereocenters. The number of carbonyl (C=O) groups is 2. The lowest BCUT2D eigenvalue weighted by molar-refractivity contribution is -0.134.